The highest BCUT2D eigenvalue weighted by molar-refractivity contribution is 7.12. The van der Waals surface area contributed by atoms with Gasteiger partial charge in [-0.2, -0.15) is 0 Å². The summed E-state index contributed by atoms with van der Waals surface area (Å²) in [6.07, 6.45) is 1.09. The van der Waals surface area contributed by atoms with Crippen LogP contribution < -0.4 is 11.1 Å². The van der Waals surface area contributed by atoms with E-state index < -0.39 is 24.0 Å². The summed E-state index contributed by atoms with van der Waals surface area (Å²) >= 11 is 1.21. The average Bonchev–Trinajstić information content (AvgIpc) is 3.41. The molecule has 8 nitrogen and oxygen atoms in total. The number of carbonyl (C=O) groups is 3. The number of thiophene rings is 1. The number of nitrogens with zero attached hydrogens (tertiary/aromatic N) is 2. The van der Waals surface area contributed by atoms with E-state index in [2.05, 4.69) is 10.3 Å². The van der Waals surface area contributed by atoms with Crippen LogP contribution in [0, 0.1) is 5.92 Å². The molecule has 2 aromatic heterocycles. The number of aliphatic hydroxyl groups is 1. The number of rotatable bonds is 11. The number of nitrogens with one attached hydrogen (secondary N) is 1. The molecule has 1 aromatic carbocycles. The second kappa shape index (κ2) is 13.1. The lowest BCUT2D eigenvalue weighted by Gasteiger charge is -2.26. The Morgan fingerprint density at radius 3 is 2.58 bits per heavy atom. The Kier molecular flexibility index (Phi) is 9.86. The highest BCUT2D eigenvalue weighted by Gasteiger charge is 2.30. The molecular weight excluding hydrogens is 476 g/mol. The molecule has 3 amide bonds. The van der Waals surface area contributed by atoms with Crippen LogP contribution in [0.4, 0.5) is 0 Å². The minimum absolute atomic E-state index is 0.111. The number of hydrogen-bond acceptors (Lipinski definition) is 7. The number of aliphatic hydroxyl groups excluding tert-OH is 1. The largest absolute Gasteiger partial charge is 0.389 e. The SMILES string of the molecule is CC(C)C[C@H](N)C(=O)N(CC(O)CNC(=O)Cc1cccc(-c2ccccn2)c1)C(=O)c1cccs1. The molecule has 9 heteroatoms. The summed E-state index contributed by atoms with van der Waals surface area (Å²) in [5.41, 5.74) is 8.57. The van der Waals surface area contributed by atoms with E-state index in [9.17, 15) is 19.5 Å². The van der Waals surface area contributed by atoms with Crippen LogP contribution in [0.1, 0.15) is 35.5 Å². The molecule has 1 unspecified atom stereocenters. The number of amides is 3. The Bertz CT molecular complexity index is 1150. The molecule has 0 aliphatic rings. The lowest BCUT2D eigenvalue weighted by molar-refractivity contribution is -0.131. The molecule has 36 heavy (non-hydrogen) atoms. The van der Waals surface area contributed by atoms with E-state index >= 15 is 0 Å². The summed E-state index contributed by atoms with van der Waals surface area (Å²) in [6, 6.07) is 15.6. The molecule has 0 saturated heterocycles. The normalized spacial score (nSPS) is 12.7. The lowest BCUT2D eigenvalue weighted by atomic mass is 10.0. The van der Waals surface area contributed by atoms with Gasteiger partial charge in [-0.05, 0) is 47.5 Å². The topological polar surface area (TPSA) is 126 Å². The van der Waals surface area contributed by atoms with Crippen LogP contribution in [0.5, 0.6) is 0 Å². The van der Waals surface area contributed by atoms with Crippen LogP contribution in [0.15, 0.2) is 66.2 Å². The zero-order valence-electron chi connectivity index (χ0n) is 20.5. The van der Waals surface area contributed by atoms with E-state index in [4.69, 9.17) is 5.73 Å². The third-order valence-electron chi connectivity index (χ3n) is 5.47. The fraction of sp³-hybridized carbons (Fsp3) is 0.333. The van der Waals surface area contributed by atoms with Crippen molar-refractivity contribution in [1.29, 1.82) is 0 Å². The lowest BCUT2D eigenvalue weighted by Crippen LogP contribution is -2.51. The fourth-order valence-electron chi connectivity index (χ4n) is 3.74. The zero-order valence-corrected chi connectivity index (χ0v) is 21.3. The smallest absolute Gasteiger partial charge is 0.270 e. The molecular formula is C27H32N4O4S. The van der Waals surface area contributed by atoms with Crippen molar-refractivity contribution in [3.05, 3.63) is 76.6 Å². The quantitative estimate of drug-likeness (QED) is 0.366. The molecule has 3 aromatic rings. The maximum atomic E-state index is 13.0. The van der Waals surface area contributed by atoms with Crippen molar-refractivity contribution in [2.24, 2.45) is 11.7 Å². The summed E-state index contributed by atoms with van der Waals surface area (Å²) in [6.45, 7) is 3.50. The first kappa shape index (κ1) is 27.2. The molecule has 4 N–H and O–H groups in total. The molecule has 0 radical (unpaired) electrons. The van der Waals surface area contributed by atoms with Gasteiger partial charge in [-0.1, -0.05) is 44.2 Å². The summed E-state index contributed by atoms with van der Waals surface area (Å²) in [4.78, 5) is 44.1. The van der Waals surface area contributed by atoms with Gasteiger partial charge in [0.15, 0.2) is 0 Å². The van der Waals surface area contributed by atoms with Gasteiger partial charge < -0.3 is 16.2 Å². The third kappa shape index (κ3) is 7.81. The van der Waals surface area contributed by atoms with Crippen molar-refractivity contribution in [3.8, 4) is 11.3 Å². The van der Waals surface area contributed by atoms with E-state index in [0.29, 0.717) is 11.3 Å². The molecule has 2 heterocycles. The second-order valence-corrected chi connectivity index (χ2v) is 9.97. The number of carbonyl (C=O) groups excluding carboxylic acids is 3. The van der Waals surface area contributed by atoms with Gasteiger partial charge in [0.25, 0.3) is 5.91 Å². The van der Waals surface area contributed by atoms with Gasteiger partial charge in [0, 0.05) is 18.3 Å². The van der Waals surface area contributed by atoms with Crippen LogP contribution in [-0.2, 0) is 16.0 Å². The maximum Gasteiger partial charge on any atom is 0.270 e. The van der Waals surface area contributed by atoms with Gasteiger partial charge in [-0.3, -0.25) is 24.3 Å². The van der Waals surface area contributed by atoms with Crippen LogP contribution in [-0.4, -0.2) is 57.9 Å². The summed E-state index contributed by atoms with van der Waals surface area (Å²) in [5.74, 6) is -1.17. The first-order valence-electron chi connectivity index (χ1n) is 11.8. The Morgan fingerprint density at radius 1 is 1.11 bits per heavy atom. The average molecular weight is 509 g/mol. The molecule has 0 spiro atoms. The Balaban J connectivity index is 1.59. The molecule has 0 fully saturated rings. The van der Waals surface area contributed by atoms with Crippen molar-refractivity contribution < 1.29 is 19.5 Å². The van der Waals surface area contributed by atoms with Gasteiger partial charge in [-0.15, -0.1) is 11.3 Å². The fourth-order valence-corrected chi connectivity index (χ4v) is 4.42. The minimum Gasteiger partial charge on any atom is -0.389 e. The molecule has 190 valence electrons. The van der Waals surface area contributed by atoms with Crippen LogP contribution in [0.25, 0.3) is 11.3 Å². The van der Waals surface area contributed by atoms with Gasteiger partial charge in [0.05, 0.1) is 35.7 Å². The predicted octanol–water partition coefficient (Wildman–Crippen LogP) is 2.87. The number of benzene rings is 1. The highest BCUT2D eigenvalue weighted by Crippen LogP contribution is 2.18. The zero-order chi connectivity index (χ0) is 26.1. The Labute approximate surface area is 215 Å². The van der Waals surface area contributed by atoms with Crippen molar-refractivity contribution in [1.82, 2.24) is 15.2 Å². The van der Waals surface area contributed by atoms with Crippen LogP contribution in [0.2, 0.25) is 0 Å². The Hall–Kier alpha value is -3.40. The van der Waals surface area contributed by atoms with Gasteiger partial charge in [-0.25, -0.2) is 0 Å². The number of hydrogen-bond donors (Lipinski definition) is 3. The third-order valence-corrected chi connectivity index (χ3v) is 6.32. The van der Waals surface area contributed by atoms with Crippen molar-refractivity contribution >= 4 is 29.1 Å². The molecule has 0 aliphatic heterocycles. The summed E-state index contributed by atoms with van der Waals surface area (Å²) < 4.78 is 0. The van der Waals surface area contributed by atoms with E-state index in [-0.39, 0.29) is 31.3 Å². The molecule has 0 saturated carbocycles. The maximum absolute atomic E-state index is 13.0. The molecule has 3 rings (SSSR count). The summed E-state index contributed by atoms with van der Waals surface area (Å²) in [5, 5.41) is 15.0. The van der Waals surface area contributed by atoms with Crippen molar-refractivity contribution in [3.63, 3.8) is 0 Å². The summed E-state index contributed by atoms with van der Waals surface area (Å²) in [7, 11) is 0. The number of imide groups is 1. The van der Waals surface area contributed by atoms with Crippen molar-refractivity contribution in [2.45, 2.75) is 38.8 Å². The van der Waals surface area contributed by atoms with Gasteiger partial charge in [0.1, 0.15) is 0 Å². The molecule has 0 aliphatic carbocycles. The molecule has 0 bridgehead atoms. The van der Waals surface area contributed by atoms with Crippen LogP contribution in [0.3, 0.4) is 0 Å². The number of aromatic nitrogens is 1. The predicted molar refractivity (Wildman–Crippen MR) is 140 cm³/mol. The minimum atomic E-state index is -1.15. The van der Waals surface area contributed by atoms with E-state index in [1.807, 2.05) is 56.3 Å². The standard InChI is InChI=1S/C27H32N4O4S/c1-18(2)13-22(28)26(34)31(27(35)24-10-6-12-36-24)17-21(32)16-30-25(33)15-19-7-5-8-20(14-19)23-9-3-4-11-29-23/h3-12,14,18,21-22,32H,13,15-17,28H2,1-2H3,(H,30,33)/t21?,22-/m0/s1. The van der Waals surface area contributed by atoms with Gasteiger partial charge >= 0.3 is 0 Å². The van der Waals surface area contributed by atoms with E-state index in [1.165, 1.54) is 11.3 Å². The first-order chi connectivity index (χ1) is 17.2. The monoisotopic (exact) mass is 508 g/mol. The van der Waals surface area contributed by atoms with E-state index in [0.717, 1.165) is 21.7 Å². The Morgan fingerprint density at radius 2 is 1.92 bits per heavy atom. The molecule has 2 atom stereocenters. The highest BCUT2D eigenvalue weighted by atomic mass is 32.1. The number of pyridine rings is 1. The van der Waals surface area contributed by atoms with Gasteiger partial charge in [0.2, 0.25) is 11.8 Å². The van der Waals surface area contributed by atoms with Crippen molar-refractivity contribution in [2.75, 3.05) is 13.1 Å². The van der Waals surface area contributed by atoms with Crippen LogP contribution >= 0.6 is 11.3 Å². The van der Waals surface area contributed by atoms with E-state index in [1.54, 1.807) is 23.7 Å². The second-order valence-electron chi connectivity index (χ2n) is 9.02. The first-order valence-corrected chi connectivity index (χ1v) is 12.7. The number of nitrogens with two attached hydrogens (primary N) is 1.